The third-order valence-electron chi connectivity index (χ3n) is 4.11. The molecule has 7 nitrogen and oxygen atoms in total. The normalized spacial score (nSPS) is 19.1. The fourth-order valence-electron chi connectivity index (χ4n) is 2.90. The van der Waals surface area contributed by atoms with Crippen molar-refractivity contribution in [3.63, 3.8) is 0 Å². The summed E-state index contributed by atoms with van der Waals surface area (Å²) in [7, 11) is 1.35. The molecule has 1 unspecified atom stereocenters. The molecule has 3 N–H and O–H groups in total. The Morgan fingerprint density at radius 1 is 1.25 bits per heavy atom. The predicted molar refractivity (Wildman–Crippen MR) is 87.3 cm³/mol. The first-order valence-corrected chi connectivity index (χ1v) is 8.12. The standard InChI is InChI=1S/C17H23N3O4/c1-3-8-18-17(23)19-15(21)11-20-10-13-7-5-4-6-12(13)9-14(20)16(22)24-2/h4-7,14H,3,8-11H2,1-2H3,(H2,18,19,21,23)/p+1/t14-/m0/s1. The minimum atomic E-state index is -0.506. The van der Waals surface area contributed by atoms with E-state index in [0.29, 0.717) is 19.5 Å². The lowest BCUT2D eigenvalue weighted by Crippen LogP contribution is -3.17. The number of rotatable bonds is 5. The van der Waals surface area contributed by atoms with Gasteiger partial charge in [-0.3, -0.25) is 10.1 Å². The van der Waals surface area contributed by atoms with E-state index < -0.39 is 18.0 Å². The van der Waals surface area contributed by atoms with Gasteiger partial charge < -0.3 is 15.0 Å². The molecule has 24 heavy (non-hydrogen) atoms. The highest BCUT2D eigenvalue weighted by atomic mass is 16.5. The van der Waals surface area contributed by atoms with Gasteiger partial charge in [0.1, 0.15) is 6.54 Å². The van der Waals surface area contributed by atoms with Gasteiger partial charge in [-0.05, 0) is 12.0 Å². The molecule has 2 atom stereocenters. The summed E-state index contributed by atoms with van der Waals surface area (Å²) in [5.41, 5.74) is 2.20. The van der Waals surface area contributed by atoms with Gasteiger partial charge in [0, 0.05) is 18.5 Å². The highest BCUT2D eigenvalue weighted by Crippen LogP contribution is 2.14. The van der Waals surface area contributed by atoms with Crippen molar-refractivity contribution in [2.24, 2.45) is 0 Å². The number of hydrogen-bond acceptors (Lipinski definition) is 4. The first-order valence-electron chi connectivity index (χ1n) is 8.12. The molecule has 7 heteroatoms. The maximum absolute atomic E-state index is 12.1. The average molecular weight is 334 g/mol. The summed E-state index contributed by atoms with van der Waals surface area (Å²) in [5.74, 6) is -0.755. The van der Waals surface area contributed by atoms with E-state index in [1.807, 2.05) is 31.2 Å². The van der Waals surface area contributed by atoms with Crippen LogP contribution in [-0.4, -0.2) is 44.1 Å². The summed E-state index contributed by atoms with van der Waals surface area (Å²) in [6, 6.07) is 6.90. The van der Waals surface area contributed by atoms with Gasteiger partial charge in [0.05, 0.1) is 7.11 Å². The minimum absolute atomic E-state index is 0.0354. The first kappa shape index (κ1) is 17.9. The third kappa shape index (κ3) is 4.55. The lowest BCUT2D eigenvalue weighted by atomic mass is 9.94. The molecule has 130 valence electrons. The Hall–Kier alpha value is -2.41. The summed E-state index contributed by atoms with van der Waals surface area (Å²) >= 11 is 0. The van der Waals surface area contributed by atoms with Gasteiger partial charge in [-0.2, -0.15) is 0 Å². The summed E-state index contributed by atoms with van der Waals surface area (Å²) in [4.78, 5) is 36.5. The van der Waals surface area contributed by atoms with Crippen LogP contribution in [0.15, 0.2) is 24.3 Å². The molecular weight excluding hydrogens is 310 g/mol. The van der Waals surface area contributed by atoms with Gasteiger partial charge in [0.15, 0.2) is 12.6 Å². The number of carbonyl (C=O) groups excluding carboxylic acids is 3. The Balaban J connectivity index is 2.04. The molecule has 0 fully saturated rings. The molecular formula is C17H24N3O4+. The van der Waals surface area contributed by atoms with Crippen molar-refractivity contribution in [2.45, 2.75) is 32.4 Å². The lowest BCUT2D eigenvalue weighted by molar-refractivity contribution is -0.924. The molecule has 3 amide bonds. The molecule has 0 aliphatic carbocycles. The smallest absolute Gasteiger partial charge is 0.365 e. The van der Waals surface area contributed by atoms with Crippen LogP contribution in [0.25, 0.3) is 0 Å². The molecule has 1 aliphatic rings. The second-order valence-corrected chi connectivity index (χ2v) is 5.86. The molecule has 0 bridgehead atoms. The van der Waals surface area contributed by atoms with E-state index in [9.17, 15) is 14.4 Å². The zero-order valence-electron chi connectivity index (χ0n) is 14.1. The van der Waals surface area contributed by atoms with Crippen molar-refractivity contribution < 1.29 is 24.0 Å². The Morgan fingerprint density at radius 3 is 2.62 bits per heavy atom. The number of methoxy groups -OCH3 is 1. The number of quaternary nitrogens is 1. The van der Waals surface area contributed by atoms with E-state index in [-0.39, 0.29) is 12.5 Å². The van der Waals surface area contributed by atoms with E-state index >= 15 is 0 Å². The monoisotopic (exact) mass is 334 g/mol. The van der Waals surface area contributed by atoms with Crippen LogP contribution in [0.1, 0.15) is 24.5 Å². The van der Waals surface area contributed by atoms with Crippen LogP contribution in [0.5, 0.6) is 0 Å². The zero-order chi connectivity index (χ0) is 17.5. The number of nitrogens with one attached hydrogen (secondary N) is 3. The Bertz CT molecular complexity index is 618. The van der Waals surface area contributed by atoms with E-state index in [4.69, 9.17) is 4.74 Å². The molecule has 0 aromatic heterocycles. The van der Waals surface area contributed by atoms with E-state index in [2.05, 4.69) is 10.6 Å². The van der Waals surface area contributed by atoms with E-state index in [0.717, 1.165) is 22.4 Å². The average Bonchev–Trinajstić information content (AvgIpc) is 2.58. The van der Waals surface area contributed by atoms with Crippen molar-refractivity contribution in [3.05, 3.63) is 35.4 Å². The van der Waals surface area contributed by atoms with Crippen molar-refractivity contribution in [3.8, 4) is 0 Å². The first-order chi connectivity index (χ1) is 11.5. The number of benzene rings is 1. The summed E-state index contributed by atoms with van der Waals surface area (Å²) in [5, 5.41) is 4.89. The van der Waals surface area contributed by atoms with Gasteiger partial charge in [0.25, 0.3) is 5.91 Å². The Morgan fingerprint density at radius 2 is 1.96 bits per heavy atom. The molecule has 2 rings (SSSR count). The number of imide groups is 1. The summed E-state index contributed by atoms with van der Waals surface area (Å²) in [6.07, 6.45) is 1.31. The number of amides is 3. The van der Waals surface area contributed by atoms with Crippen LogP contribution in [0, 0.1) is 0 Å². The molecule has 1 aliphatic heterocycles. The Kier molecular flexibility index (Phi) is 6.31. The largest absolute Gasteiger partial charge is 0.465 e. The van der Waals surface area contributed by atoms with Gasteiger partial charge in [-0.25, -0.2) is 9.59 Å². The fourth-order valence-corrected chi connectivity index (χ4v) is 2.90. The topological polar surface area (TPSA) is 88.9 Å². The van der Waals surface area contributed by atoms with Crippen LogP contribution >= 0.6 is 0 Å². The van der Waals surface area contributed by atoms with Crippen LogP contribution in [0.2, 0.25) is 0 Å². The lowest BCUT2D eigenvalue weighted by Gasteiger charge is -2.31. The van der Waals surface area contributed by atoms with E-state index in [1.54, 1.807) is 0 Å². The van der Waals surface area contributed by atoms with Crippen LogP contribution < -0.4 is 15.5 Å². The second-order valence-electron chi connectivity index (χ2n) is 5.86. The highest BCUT2D eigenvalue weighted by Gasteiger charge is 2.37. The molecule has 1 heterocycles. The minimum Gasteiger partial charge on any atom is -0.465 e. The van der Waals surface area contributed by atoms with Crippen molar-refractivity contribution in [1.82, 2.24) is 10.6 Å². The van der Waals surface area contributed by atoms with E-state index in [1.165, 1.54) is 7.11 Å². The predicted octanol–water partition coefficient (Wildman–Crippen LogP) is -0.595. The van der Waals surface area contributed by atoms with Crippen LogP contribution in [0.4, 0.5) is 4.79 Å². The zero-order valence-corrected chi connectivity index (χ0v) is 14.1. The van der Waals surface area contributed by atoms with Gasteiger partial charge in [0.2, 0.25) is 0 Å². The highest BCUT2D eigenvalue weighted by molar-refractivity contribution is 5.94. The van der Waals surface area contributed by atoms with Crippen molar-refractivity contribution >= 4 is 17.9 Å². The fraction of sp³-hybridized carbons (Fsp3) is 0.471. The van der Waals surface area contributed by atoms with Crippen LogP contribution in [0.3, 0.4) is 0 Å². The van der Waals surface area contributed by atoms with Gasteiger partial charge in [-0.1, -0.05) is 31.2 Å². The number of esters is 1. The van der Waals surface area contributed by atoms with Crippen molar-refractivity contribution in [2.75, 3.05) is 20.2 Å². The number of urea groups is 1. The van der Waals surface area contributed by atoms with Crippen molar-refractivity contribution in [1.29, 1.82) is 0 Å². The molecule has 1 aromatic rings. The maximum Gasteiger partial charge on any atom is 0.365 e. The molecule has 0 spiro atoms. The summed E-state index contributed by atoms with van der Waals surface area (Å²) < 4.78 is 4.88. The quantitative estimate of drug-likeness (QED) is 0.628. The number of ether oxygens (including phenoxy) is 1. The molecule has 0 saturated heterocycles. The molecule has 1 aromatic carbocycles. The molecule has 0 radical (unpaired) electrons. The maximum atomic E-state index is 12.1. The second kappa shape index (κ2) is 8.44. The number of hydrogen-bond donors (Lipinski definition) is 3. The van der Waals surface area contributed by atoms with Crippen LogP contribution in [-0.2, 0) is 27.3 Å². The SMILES string of the molecule is CCCNC(=O)NC(=O)C[NH+]1Cc2ccccc2C[C@H]1C(=O)OC. The third-order valence-corrected chi connectivity index (χ3v) is 4.11. The Labute approximate surface area is 141 Å². The van der Waals surface area contributed by atoms with Gasteiger partial charge in [-0.15, -0.1) is 0 Å². The summed E-state index contributed by atoms with van der Waals surface area (Å²) in [6.45, 7) is 3.01. The number of fused-ring (bicyclic) bond motifs is 1. The molecule has 0 saturated carbocycles. The number of carbonyl (C=O) groups is 3. The van der Waals surface area contributed by atoms with Gasteiger partial charge >= 0.3 is 12.0 Å².